The van der Waals surface area contributed by atoms with Gasteiger partial charge in [0.2, 0.25) is 0 Å². The number of benzene rings is 1. The Morgan fingerprint density at radius 1 is 1.19 bits per heavy atom. The minimum absolute atomic E-state index is 0.104. The molecule has 0 aliphatic carbocycles. The van der Waals surface area contributed by atoms with Gasteiger partial charge in [-0.25, -0.2) is 14.0 Å². The van der Waals surface area contributed by atoms with E-state index in [0.717, 1.165) is 6.54 Å². The number of hydrogen-bond acceptors (Lipinski definition) is 5. The predicted molar refractivity (Wildman–Crippen MR) is 74.2 cm³/mol. The largest absolute Gasteiger partial charge is 0.465 e. The molecule has 1 N–H and O–H groups in total. The molecule has 0 radical (unpaired) electrons. The molecule has 1 aliphatic rings. The summed E-state index contributed by atoms with van der Waals surface area (Å²) in [5.41, 5.74) is 0.919. The molecule has 2 atom stereocenters. The van der Waals surface area contributed by atoms with Crippen LogP contribution in [0, 0.1) is 0 Å². The lowest BCUT2D eigenvalue weighted by atomic mass is 9.87. The zero-order chi connectivity index (χ0) is 15.4. The fourth-order valence-electron chi connectivity index (χ4n) is 2.56. The fraction of sp³-hybridized carbons (Fsp3) is 0.467. The summed E-state index contributed by atoms with van der Waals surface area (Å²) in [5.74, 6) is -1.55. The molecule has 1 aromatic carbocycles. The van der Waals surface area contributed by atoms with Crippen LogP contribution in [0.25, 0.3) is 0 Å². The summed E-state index contributed by atoms with van der Waals surface area (Å²) in [4.78, 5) is 23.5. The molecule has 0 amide bonds. The van der Waals surface area contributed by atoms with Crippen molar-refractivity contribution in [2.75, 3.05) is 27.3 Å². The molecule has 0 bridgehead atoms. The summed E-state index contributed by atoms with van der Waals surface area (Å²) in [6.45, 7) is 1.01. The first-order valence-electron chi connectivity index (χ1n) is 6.73. The lowest BCUT2D eigenvalue weighted by Gasteiger charge is -2.27. The van der Waals surface area contributed by atoms with Gasteiger partial charge in [0, 0.05) is 12.5 Å². The van der Waals surface area contributed by atoms with Crippen LogP contribution < -0.4 is 5.32 Å². The maximum absolute atomic E-state index is 14.0. The lowest BCUT2D eigenvalue weighted by molar-refractivity contribution is 0.0555. The Morgan fingerprint density at radius 3 is 2.48 bits per heavy atom. The first-order chi connectivity index (χ1) is 10.1. The average Bonchev–Trinajstić information content (AvgIpc) is 2.53. The van der Waals surface area contributed by atoms with E-state index in [2.05, 4.69) is 14.8 Å². The zero-order valence-corrected chi connectivity index (χ0v) is 12.0. The number of ether oxygens (including phenoxy) is 2. The number of hydrogen-bond donors (Lipinski definition) is 1. The lowest BCUT2D eigenvalue weighted by Crippen LogP contribution is -2.36. The van der Waals surface area contributed by atoms with Crippen molar-refractivity contribution in [2.24, 2.45) is 0 Å². The quantitative estimate of drug-likeness (QED) is 0.859. The van der Waals surface area contributed by atoms with Crippen molar-refractivity contribution in [2.45, 2.75) is 18.5 Å². The topological polar surface area (TPSA) is 64.6 Å². The monoisotopic (exact) mass is 295 g/mol. The summed E-state index contributed by atoms with van der Waals surface area (Å²) in [7, 11) is 2.47. The number of halogens is 1. The van der Waals surface area contributed by atoms with E-state index < -0.39 is 18.1 Å². The molecule has 1 aliphatic heterocycles. The van der Waals surface area contributed by atoms with Crippen molar-refractivity contribution in [1.82, 2.24) is 5.32 Å². The van der Waals surface area contributed by atoms with Crippen molar-refractivity contribution in [1.29, 1.82) is 0 Å². The van der Waals surface area contributed by atoms with Gasteiger partial charge in [-0.1, -0.05) is 6.07 Å². The molecule has 6 heteroatoms. The Morgan fingerprint density at radius 2 is 1.86 bits per heavy atom. The van der Waals surface area contributed by atoms with Gasteiger partial charge in [-0.3, -0.25) is 0 Å². The van der Waals surface area contributed by atoms with Gasteiger partial charge in [-0.05, 0) is 30.7 Å². The van der Waals surface area contributed by atoms with Crippen molar-refractivity contribution in [3.05, 3.63) is 34.9 Å². The van der Waals surface area contributed by atoms with Crippen molar-refractivity contribution >= 4 is 11.9 Å². The molecule has 21 heavy (non-hydrogen) atoms. The first kappa shape index (κ1) is 15.4. The number of carbonyl (C=O) groups is 2. The summed E-state index contributed by atoms with van der Waals surface area (Å²) in [6.07, 6.45) is -0.382. The maximum atomic E-state index is 14.0. The van der Waals surface area contributed by atoms with Gasteiger partial charge in [-0.15, -0.1) is 0 Å². The van der Waals surface area contributed by atoms with Crippen LogP contribution in [-0.4, -0.2) is 45.4 Å². The summed E-state index contributed by atoms with van der Waals surface area (Å²) < 4.78 is 23.3. The Kier molecular flexibility index (Phi) is 4.90. The number of methoxy groups -OCH3 is 2. The molecule has 2 rings (SSSR count). The van der Waals surface area contributed by atoms with Crippen LogP contribution in [0.2, 0.25) is 0 Å². The highest BCUT2D eigenvalue weighted by Crippen LogP contribution is 2.29. The van der Waals surface area contributed by atoms with Gasteiger partial charge in [0.1, 0.15) is 6.17 Å². The second kappa shape index (κ2) is 6.67. The normalized spacial score (nSPS) is 21.7. The molecule has 1 aromatic rings. The summed E-state index contributed by atoms with van der Waals surface area (Å²) in [5, 5.41) is 2.98. The number of esters is 2. The molecule has 0 aromatic heterocycles. The number of rotatable bonds is 3. The molecular weight excluding hydrogens is 277 g/mol. The molecule has 0 spiro atoms. The average molecular weight is 295 g/mol. The number of nitrogens with one attached hydrogen (secondary N) is 1. The van der Waals surface area contributed by atoms with Crippen molar-refractivity contribution in [3.8, 4) is 0 Å². The SMILES string of the molecule is COC(=O)c1ccc([C@H]2CCNC[C@H]2F)cc1C(=O)OC. The molecule has 0 saturated carbocycles. The Balaban J connectivity index is 2.41. The fourth-order valence-corrected chi connectivity index (χ4v) is 2.56. The van der Waals surface area contributed by atoms with Crippen molar-refractivity contribution in [3.63, 3.8) is 0 Å². The predicted octanol–water partition coefficient (Wildman–Crippen LogP) is 1.67. The van der Waals surface area contributed by atoms with Crippen LogP contribution in [0.1, 0.15) is 38.6 Å². The van der Waals surface area contributed by atoms with Crippen LogP contribution >= 0.6 is 0 Å². The van der Waals surface area contributed by atoms with Crippen LogP contribution in [0.15, 0.2) is 18.2 Å². The number of carbonyl (C=O) groups excluding carboxylic acids is 2. The Hall–Kier alpha value is -1.95. The van der Waals surface area contributed by atoms with Gasteiger partial charge >= 0.3 is 11.9 Å². The van der Waals surface area contributed by atoms with E-state index in [-0.39, 0.29) is 23.6 Å². The van der Waals surface area contributed by atoms with E-state index in [1.807, 2.05) is 0 Å². The third-order valence-electron chi connectivity index (χ3n) is 3.69. The van der Waals surface area contributed by atoms with Crippen LogP contribution in [0.4, 0.5) is 4.39 Å². The van der Waals surface area contributed by atoms with E-state index in [9.17, 15) is 14.0 Å². The van der Waals surface area contributed by atoms with E-state index in [1.54, 1.807) is 6.07 Å². The highest BCUT2D eigenvalue weighted by atomic mass is 19.1. The smallest absolute Gasteiger partial charge is 0.338 e. The highest BCUT2D eigenvalue weighted by molar-refractivity contribution is 6.03. The number of alkyl halides is 1. The van der Waals surface area contributed by atoms with Crippen LogP contribution in [-0.2, 0) is 9.47 Å². The molecule has 114 valence electrons. The maximum Gasteiger partial charge on any atom is 0.338 e. The van der Waals surface area contributed by atoms with Gasteiger partial charge in [0.15, 0.2) is 0 Å². The van der Waals surface area contributed by atoms with Gasteiger partial charge in [-0.2, -0.15) is 0 Å². The van der Waals surface area contributed by atoms with Crippen LogP contribution in [0.5, 0.6) is 0 Å². The van der Waals surface area contributed by atoms with Gasteiger partial charge in [0.05, 0.1) is 25.3 Å². The molecule has 0 unspecified atom stereocenters. The minimum Gasteiger partial charge on any atom is -0.465 e. The van der Waals surface area contributed by atoms with E-state index in [1.165, 1.54) is 26.4 Å². The first-order valence-corrected chi connectivity index (χ1v) is 6.73. The molecule has 1 heterocycles. The third-order valence-corrected chi connectivity index (χ3v) is 3.69. The van der Waals surface area contributed by atoms with E-state index in [0.29, 0.717) is 12.0 Å². The van der Waals surface area contributed by atoms with Gasteiger partial charge < -0.3 is 14.8 Å². The molecule has 1 fully saturated rings. The summed E-state index contributed by atoms with van der Waals surface area (Å²) >= 11 is 0. The van der Waals surface area contributed by atoms with Crippen molar-refractivity contribution < 1.29 is 23.5 Å². The molecule has 1 saturated heterocycles. The molecule has 5 nitrogen and oxygen atoms in total. The standard InChI is InChI=1S/C15H18FNO4/c1-20-14(18)11-4-3-9(7-12(11)15(19)21-2)10-5-6-17-8-13(10)16/h3-4,7,10,13,17H,5-6,8H2,1-2H3/t10-,13-/m1/s1. The van der Waals surface area contributed by atoms with Crippen LogP contribution in [0.3, 0.4) is 0 Å². The number of piperidine rings is 1. The highest BCUT2D eigenvalue weighted by Gasteiger charge is 2.28. The second-order valence-electron chi connectivity index (χ2n) is 4.90. The van der Waals surface area contributed by atoms with E-state index >= 15 is 0 Å². The third kappa shape index (κ3) is 3.21. The Bertz CT molecular complexity index is 546. The zero-order valence-electron chi connectivity index (χ0n) is 12.0. The van der Waals surface area contributed by atoms with E-state index in [4.69, 9.17) is 0 Å². The second-order valence-corrected chi connectivity index (χ2v) is 4.90. The minimum atomic E-state index is -1.02. The summed E-state index contributed by atoms with van der Waals surface area (Å²) in [6, 6.07) is 4.68. The Labute approximate surface area is 122 Å². The molecular formula is C15H18FNO4. The van der Waals surface area contributed by atoms with Gasteiger partial charge in [0.25, 0.3) is 0 Å².